The highest BCUT2D eigenvalue weighted by atomic mass is 16.5. The molecule has 2 rings (SSSR count). The summed E-state index contributed by atoms with van der Waals surface area (Å²) >= 11 is 0. The summed E-state index contributed by atoms with van der Waals surface area (Å²) in [6.45, 7) is 2.00. The molecule has 0 spiro atoms. The normalized spacial score (nSPS) is 22.9. The van der Waals surface area contributed by atoms with Crippen LogP contribution in [0.15, 0.2) is 12.1 Å². The molecule has 19 heavy (non-hydrogen) atoms. The topological polar surface area (TPSA) is 50.7 Å². The number of hydrogen-bond donors (Lipinski definition) is 2. The fourth-order valence-electron chi connectivity index (χ4n) is 2.60. The molecule has 1 aliphatic carbocycles. The van der Waals surface area contributed by atoms with Gasteiger partial charge in [-0.3, -0.25) is 0 Å². The summed E-state index contributed by atoms with van der Waals surface area (Å²) in [6.07, 6.45) is 3.57. The molecule has 4 heteroatoms. The molecule has 0 atom stereocenters. The first-order valence-electron chi connectivity index (χ1n) is 6.81. The quantitative estimate of drug-likeness (QED) is 0.879. The lowest BCUT2D eigenvalue weighted by Gasteiger charge is -2.28. The van der Waals surface area contributed by atoms with Gasteiger partial charge < -0.3 is 19.9 Å². The van der Waals surface area contributed by atoms with Gasteiger partial charge in [0.1, 0.15) is 11.5 Å². The summed E-state index contributed by atoms with van der Waals surface area (Å²) in [4.78, 5) is 0. The van der Waals surface area contributed by atoms with Gasteiger partial charge in [-0.15, -0.1) is 0 Å². The molecule has 2 N–H and O–H groups in total. The number of methoxy groups -OCH3 is 2. The molecule has 1 aliphatic rings. The lowest BCUT2D eigenvalue weighted by molar-refractivity contribution is 0.126. The predicted molar refractivity (Wildman–Crippen MR) is 76.2 cm³/mol. The molecule has 4 nitrogen and oxygen atoms in total. The molecular formula is C15H23NO3. The summed E-state index contributed by atoms with van der Waals surface area (Å²) in [5.41, 5.74) is 2.02. The molecule has 0 bridgehead atoms. The van der Waals surface area contributed by atoms with E-state index < -0.39 is 0 Å². The Kier molecular flexibility index (Phi) is 4.53. The van der Waals surface area contributed by atoms with Crippen LogP contribution in [0.2, 0.25) is 0 Å². The van der Waals surface area contributed by atoms with Gasteiger partial charge in [0.2, 0.25) is 0 Å². The van der Waals surface area contributed by atoms with E-state index in [9.17, 15) is 5.11 Å². The molecule has 0 heterocycles. The number of aryl methyl sites for hydroxylation is 1. The highest BCUT2D eigenvalue weighted by Gasteiger charge is 2.20. The van der Waals surface area contributed by atoms with E-state index in [2.05, 4.69) is 5.32 Å². The Morgan fingerprint density at radius 3 is 2.26 bits per heavy atom. The van der Waals surface area contributed by atoms with E-state index in [1.807, 2.05) is 19.1 Å². The van der Waals surface area contributed by atoms with Crippen molar-refractivity contribution in [2.45, 2.75) is 44.8 Å². The van der Waals surface area contributed by atoms with Gasteiger partial charge in [0, 0.05) is 12.1 Å². The van der Waals surface area contributed by atoms with Crippen molar-refractivity contribution in [3.63, 3.8) is 0 Å². The van der Waals surface area contributed by atoms with Crippen LogP contribution in [-0.2, 0) is 0 Å². The largest absolute Gasteiger partial charge is 0.496 e. The van der Waals surface area contributed by atoms with Gasteiger partial charge >= 0.3 is 0 Å². The molecule has 0 saturated heterocycles. The molecule has 1 aromatic carbocycles. The molecule has 0 unspecified atom stereocenters. The first kappa shape index (κ1) is 14.0. The van der Waals surface area contributed by atoms with Crippen LogP contribution in [0.25, 0.3) is 0 Å². The Bertz CT molecular complexity index is 426. The second-order valence-corrected chi connectivity index (χ2v) is 5.17. The standard InChI is InChI=1S/C15H23NO3/c1-10-8-15(19-3)13(9-14(10)18-2)16-11-4-6-12(17)7-5-11/h8-9,11-12,16-17H,4-7H2,1-3H3. The minimum atomic E-state index is -0.132. The van der Waals surface area contributed by atoms with Gasteiger partial charge in [-0.25, -0.2) is 0 Å². The maximum absolute atomic E-state index is 9.54. The van der Waals surface area contributed by atoms with Crippen LogP contribution in [0.5, 0.6) is 11.5 Å². The molecule has 0 amide bonds. The van der Waals surface area contributed by atoms with Crippen LogP contribution in [-0.4, -0.2) is 31.5 Å². The van der Waals surface area contributed by atoms with Crippen LogP contribution in [0.3, 0.4) is 0 Å². The lowest BCUT2D eigenvalue weighted by Crippen LogP contribution is -2.28. The number of aliphatic hydroxyl groups excluding tert-OH is 1. The number of ether oxygens (including phenoxy) is 2. The van der Waals surface area contributed by atoms with Crippen molar-refractivity contribution in [3.05, 3.63) is 17.7 Å². The zero-order valence-corrected chi connectivity index (χ0v) is 11.9. The van der Waals surface area contributed by atoms with Crippen molar-refractivity contribution in [2.24, 2.45) is 0 Å². The SMILES string of the molecule is COc1cc(NC2CCC(O)CC2)c(OC)cc1C. The van der Waals surface area contributed by atoms with Gasteiger partial charge in [0.15, 0.2) is 0 Å². The fraction of sp³-hybridized carbons (Fsp3) is 0.600. The molecule has 1 aromatic rings. The number of benzene rings is 1. The second kappa shape index (κ2) is 6.15. The van der Waals surface area contributed by atoms with Crippen molar-refractivity contribution in [2.75, 3.05) is 19.5 Å². The van der Waals surface area contributed by atoms with E-state index in [1.165, 1.54) is 0 Å². The first-order valence-corrected chi connectivity index (χ1v) is 6.81. The minimum absolute atomic E-state index is 0.132. The van der Waals surface area contributed by atoms with E-state index in [1.54, 1.807) is 14.2 Å². The Morgan fingerprint density at radius 1 is 1.05 bits per heavy atom. The zero-order chi connectivity index (χ0) is 13.8. The molecule has 0 aliphatic heterocycles. The van der Waals surface area contributed by atoms with Crippen molar-refractivity contribution < 1.29 is 14.6 Å². The highest BCUT2D eigenvalue weighted by Crippen LogP contribution is 2.34. The Balaban J connectivity index is 2.14. The summed E-state index contributed by atoms with van der Waals surface area (Å²) in [7, 11) is 3.35. The Morgan fingerprint density at radius 2 is 1.68 bits per heavy atom. The second-order valence-electron chi connectivity index (χ2n) is 5.17. The number of hydrogen-bond acceptors (Lipinski definition) is 4. The van der Waals surface area contributed by atoms with E-state index in [0.29, 0.717) is 6.04 Å². The fourth-order valence-corrected chi connectivity index (χ4v) is 2.60. The van der Waals surface area contributed by atoms with Crippen molar-refractivity contribution in [1.82, 2.24) is 0 Å². The molecule has 1 fully saturated rings. The number of anilines is 1. The maximum Gasteiger partial charge on any atom is 0.142 e. The Labute approximate surface area is 114 Å². The monoisotopic (exact) mass is 265 g/mol. The van der Waals surface area contributed by atoms with E-state index >= 15 is 0 Å². The summed E-state index contributed by atoms with van der Waals surface area (Å²) in [5, 5.41) is 13.0. The van der Waals surface area contributed by atoms with Crippen LogP contribution in [0.4, 0.5) is 5.69 Å². The number of aliphatic hydroxyl groups is 1. The molecule has 0 aromatic heterocycles. The van der Waals surface area contributed by atoms with Gasteiger partial charge in [0.05, 0.1) is 26.0 Å². The molecule has 106 valence electrons. The minimum Gasteiger partial charge on any atom is -0.496 e. The average Bonchev–Trinajstić information content (AvgIpc) is 2.42. The summed E-state index contributed by atoms with van der Waals surface area (Å²) in [5.74, 6) is 1.70. The Hall–Kier alpha value is -1.42. The third kappa shape index (κ3) is 3.32. The third-order valence-electron chi connectivity index (χ3n) is 3.77. The molecule has 0 radical (unpaired) electrons. The number of rotatable bonds is 4. The number of nitrogens with one attached hydrogen (secondary N) is 1. The average molecular weight is 265 g/mol. The third-order valence-corrected chi connectivity index (χ3v) is 3.77. The predicted octanol–water partition coefficient (Wildman–Crippen LogP) is 2.73. The van der Waals surface area contributed by atoms with Crippen molar-refractivity contribution >= 4 is 5.69 Å². The maximum atomic E-state index is 9.54. The zero-order valence-electron chi connectivity index (χ0n) is 11.9. The van der Waals surface area contributed by atoms with Gasteiger partial charge in [-0.1, -0.05) is 0 Å². The smallest absolute Gasteiger partial charge is 0.142 e. The van der Waals surface area contributed by atoms with E-state index in [0.717, 1.165) is 48.4 Å². The van der Waals surface area contributed by atoms with Crippen LogP contribution < -0.4 is 14.8 Å². The van der Waals surface area contributed by atoms with Crippen LogP contribution in [0.1, 0.15) is 31.2 Å². The lowest BCUT2D eigenvalue weighted by atomic mass is 9.93. The highest BCUT2D eigenvalue weighted by molar-refractivity contribution is 5.62. The van der Waals surface area contributed by atoms with Gasteiger partial charge in [-0.05, 0) is 44.2 Å². The van der Waals surface area contributed by atoms with E-state index in [4.69, 9.17) is 9.47 Å². The molecular weight excluding hydrogens is 242 g/mol. The van der Waals surface area contributed by atoms with Crippen LogP contribution in [0, 0.1) is 6.92 Å². The molecule has 1 saturated carbocycles. The van der Waals surface area contributed by atoms with Crippen molar-refractivity contribution in [1.29, 1.82) is 0 Å². The van der Waals surface area contributed by atoms with Gasteiger partial charge in [-0.2, -0.15) is 0 Å². The first-order chi connectivity index (χ1) is 9.13. The van der Waals surface area contributed by atoms with Crippen LogP contribution >= 0.6 is 0 Å². The summed E-state index contributed by atoms with van der Waals surface area (Å²) < 4.78 is 10.8. The summed E-state index contributed by atoms with van der Waals surface area (Å²) in [6, 6.07) is 4.36. The van der Waals surface area contributed by atoms with Crippen molar-refractivity contribution in [3.8, 4) is 11.5 Å². The van der Waals surface area contributed by atoms with E-state index in [-0.39, 0.29) is 6.10 Å². The van der Waals surface area contributed by atoms with Gasteiger partial charge in [0.25, 0.3) is 0 Å².